The molecular formula is C10H12FN3O3S. The number of carbonyl (C=O) groups is 1. The highest BCUT2D eigenvalue weighted by Gasteiger charge is 2.19. The second-order valence-electron chi connectivity index (χ2n) is 3.82. The first-order chi connectivity index (χ1) is 8.58. The van der Waals surface area contributed by atoms with Gasteiger partial charge in [-0.15, -0.1) is 0 Å². The fourth-order valence-corrected chi connectivity index (χ4v) is 1.91. The van der Waals surface area contributed by atoms with Crippen LogP contribution in [0, 0.1) is 10.5 Å². The van der Waals surface area contributed by atoms with Gasteiger partial charge < -0.3 is 19.7 Å². The summed E-state index contributed by atoms with van der Waals surface area (Å²) in [6.45, 7) is 1.99. The van der Waals surface area contributed by atoms with Gasteiger partial charge in [-0.3, -0.25) is 4.79 Å². The zero-order valence-corrected chi connectivity index (χ0v) is 10.3. The Hall–Kier alpha value is -1.54. The van der Waals surface area contributed by atoms with Crippen LogP contribution in [0.3, 0.4) is 0 Å². The van der Waals surface area contributed by atoms with Crippen LogP contribution in [0.1, 0.15) is 5.82 Å². The maximum atomic E-state index is 13.9. The molecule has 8 heteroatoms. The number of nitrogens with zero attached hydrogens (tertiary/aromatic N) is 2. The Labute approximate surface area is 107 Å². The second kappa shape index (κ2) is 5.40. The lowest BCUT2D eigenvalue weighted by Gasteiger charge is -2.28. The van der Waals surface area contributed by atoms with Crippen molar-refractivity contribution in [2.75, 3.05) is 31.2 Å². The van der Waals surface area contributed by atoms with Gasteiger partial charge in [-0.25, -0.2) is 4.98 Å². The van der Waals surface area contributed by atoms with Gasteiger partial charge in [0.1, 0.15) is 16.9 Å². The number of aromatic nitrogens is 2. The number of halogens is 1. The van der Waals surface area contributed by atoms with E-state index in [0.29, 0.717) is 26.3 Å². The van der Waals surface area contributed by atoms with Crippen LogP contribution in [-0.4, -0.2) is 47.3 Å². The summed E-state index contributed by atoms with van der Waals surface area (Å²) in [6.07, 6.45) is -0.318. The molecule has 0 saturated carbocycles. The van der Waals surface area contributed by atoms with Crippen LogP contribution in [0.4, 0.5) is 10.2 Å². The number of rotatable bonds is 3. The molecule has 18 heavy (non-hydrogen) atoms. The third-order valence-electron chi connectivity index (χ3n) is 2.52. The number of anilines is 1. The van der Waals surface area contributed by atoms with Gasteiger partial charge in [-0.2, -0.15) is 4.39 Å². The first kappa shape index (κ1) is 12.9. The van der Waals surface area contributed by atoms with E-state index < -0.39 is 11.8 Å². The molecule has 2 rings (SSSR count). The Morgan fingerprint density at radius 1 is 1.56 bits per heavy atom. The van der Waals surface area contributed by atoms with E-state index in [0.717, 1.165) is 0 Å². The number of ether oxygens (including phenoxy) is 1. The Morgan fingerprint density at radius 3 is 2.83 bits per heavy atom. The smallest absolute Gasteiger partial charge is 0.311 e. The number of hydrogen-bond donors (Lipinski definition) is 2. The number of aromatic amines is 1. The minimum Gasteiger partial charge on any atom is -0.481 e. The molecule has 1 aliphatic rings. The molecule has 0 atom stereocenters. The predicted octanol–water partition coefficient (Wildman–Crippen LogP) is 0.742. The highest BCUT2D eigenvalue weighted by atomic mass is 32.1. The Kier molecular flexibility index (Phi) is 3.87. The van der Waals surface area contributed by atoms with E-state index in [4.69, 9.17) is 22.1 Å². The van der Waals surface area contributed by atoms with Crippen LogP contribution < -0.4 is 4.90 Å². The van der Waals surface area contributed by atoms with Crippen molar-refractivity contribution in [1.82, 2.24) is 9.97 Å². The monoisotopic (exact) mass is 273 g/mol. The molecule has 0 spiro atoms. The summed E-state index contributed by atoms with van der Waals surface area (Å²) < 4.78 is 18.9. The molecule has 2 N–H and O–H groups in total. The Bertz CT molecular complexity index is 514. The molecule has 1 aromatic rings. The van der Waals surface area contributed by atoms with Crippen molar-refractivity contribution < 1.29 is 19.0 Å². The zero-order chi connectivity index (χ0) is 13.1. The maximum Gasteiger partial charge on any atom is 0.311 e. The van der Waals surface area contributed by atoms with Crippen LogP contribution in [0.15, 0.2) is 0 Å². The maximum absolute atomic E-state index is 13.9. The van der Waals surface area contributed by atoms with Crippen LogP contribution in [0.2, 0.25) is 0 Å². The van der Waals surface area contributed by atoms with Crippen molar-refractivity contribution in [2.24, 2.45) is 0 Å². The minimum absolute atomic E-state index is 0.0956. The number of aliphatic carboxylic acids is 1. The van der Waals surface area contributed by atoms with Gasteiger partial charge in [0, 0.05) is 13.1 Å². The summed E-state index contributed by atoms with van der Waals surface area (Å²) >= 11 is 4.83. The molecule has 1 fully saturated rings. The van der Waals surface area contributed by atoms with E-state index in [1.807, 2.05) is 0 Å². The standard InChI is InChI=1S/C10H12FN3O3S/c11-8-9(14-1-3-17-4-2-14)12-6(5-7(15)16)13-10(8)18/h1-5H2,(H,15,16)(H,12,13,18). The number of H-pyrrole nitrogens is 1. The van der Waals surface area contributed by atoms with Crippen molar-refractivity contribution in [3.05, 3.63) is 16.3 Å². The normalized spacial score (nSPS) is 15.7. The quantitative estimate of drug-likeness (QED) is 0.791. The largest absolute Gasteiger partial charge is 0.481 e. The molecule has 0 radical (unpaired) electrons. The summed E-state index contributed by atoms with van der Waals surface area (Å²) in [6, 6.07) is 0. The van der Waals surface area contributed by atoms with Crippen LogP contribution >= 0.6 is 12.2 Å². The van der Waals surface area contributed by atoms with Crippen molar-refractivity contribution >= 4 is 24.0 Å². The number of carboxylic acids is 1. The van der Waals surface area contributed by atoms with Gasteiger partial charge in [0.15, 0.2) is 11.6 Å². The predicted molar refractivity (Wildman–Crippen MR) is 63.8 cm³/mol. The number of nitrogens with one attached hydrogen (secondary N) is 1. The third kappa shape index (κ3) is 2.82. The lowest BCUT2D eigenvalue weighted by molar-refractivity contribution is -0.136. The van der Waals surface area contributed by atoms with E-state index in [2.05, 4.69) is 9.97 Å². The molecular weight excluding hydrogens is 261 g/mol. The summed E-state index contributed by atoms with van der Waals surface area (Å²) in [5, 5.41) is 8.71. The van der Waals surface area contributed by atoms with Gasteiger partial charge in [-0.05, 0) is 0 Å². The second-order valence-corrected chi connectivity index (χ2v) is 4.23. The van der Waals surface area contributed by atoms with Crippen molar-refractivity contribution in [1.29, 1.82) is 0 Å². The van der Waals surface area contributed by atoms with Crippen molar-refractivity contribution in [3.8, 4) is 0 Å². The van der Waals surface area contributed by atoms with Gasteiger partial charge in [-0.1, -0.05) is 12.2 Å². The molecule has 2 heterocycles. The molecule has 0 aliphatic carbocycles. The summed E-state index contributed by atoms with van der Waals surface area (Å²) in [5.74, 6) is -1.43. The highest BCUT2D eigenvalue weighted by molar-refractivity contribution is 7.71. The van der Waals surface area contributed by atoms with Crippen LogP contribution in [0.25, 0.3) is 0 Å². The van der Waals surface area contributed by atoms with Crippen molar-refractivity contribution in [2.45, 2.75) is 6.42 Å². The lowest BCUT2D eigenvalue weighted by atomic mass is 10.3. The third-order valence-corrected chi connectivity index (χ3v) is 2.80. The summed E-state index contributed by atoms with van der Waals surface area (Å²) in [4.78, 5) is 18.8. The van der Waals surface area contributed by atoms with E-state index in [9.17, 15) is 9.18 Å². The molecule has 1 aromatic heterocycles. The number of carboxylic acid groups (broad SMARTS) is 1. The summed E-state index contributed by atoms with van der Waals surface area (Å²) in [5.41, 5.74) is 0. The van der Waals surface area contributed by atoms with Crippen LogP contribution in [0.5, 0.6) is 0 Å². The number of morpholine rings is 1. The first-order valence-electron chi connectivity index (χ1n) is 5.41. The average Bonchev–Trinajstić information content (AvgIpc) is 2.34. The van der Waals surface area contributed by atoms with E-state index in [1.54, 1.807) is 4.90 Å². The zero-order valence-electron chi connectivity index (χ0n) is 9.48. The topological polar surface area (TPSA) is 78.4 Å². The molecule has 6 nitrogen and oxygen atoms in total. The van der Waals surface area contributed by atoms with Crippen molar-refractivity contribution in [3.63, 3.8) is 0 Å². The van der Waals surface area contributed by atoms with Gasteiger partial charge in [0.2, 0.25) is 0 Å². The molecule has 0 bridgehead atoms. The van der Waals surface area contributed by atoms with Gasteiger partial charge >= 0.3 is 5.97 Å². The van der Waals surface area contributed by atoms with Crippen LogP contribution in [-0.2, 0) is 16.0 Å². The average molecular weight is 273 g/mol. The number of hydrogen-bond acceptors (Lipinski definition) is 5. The summed E-state index contributed by atoms with van der Waals surface area (Å²) in [7, 11) is 0. The van der Waals surface area contributed by atoms with E-state index in [-0.39, 0.29) is 22.7 Å². The van der Waals surface area contributed by atoms with Gasteiger partial charge in [0.25, 0.3) is 0 Å². The fraction of sp³-hybridized carbons (Fsp3) is 0.500. The van der Waals surface area contributed by atoms with E-state index in [1.165, 1.54) is 0 Å². The lowest BCUT2D eigenvalue weighted by Crippen LogP contribution is -2.37. The Morgan fingerprint density at radius 2 is 2.22 bits per heavy atom. The fourth-order valence-electron chi connectivity index (χ4n) is 1.70. The molecule has 1 aliphatic heterocycles. The molecule has 1 saturated heterocycles. The molecule has 98 valence electrons. The molecule has 0 amide bonds. The Balaban J connectivity index is 2.35. The minimum atomic E-state index is -1.05. The highest BCUT2D eigenvalue weighted by Crippen LogP contribution is 2.18. The molecule has 0 aromatic carbocycles. The first-order valence-corrected chi connectivity index (χ1v) is 5.82. The molecule has 0 unspecified atom stereocenters. The SMILES string of the molecule is O=C(O)Cc1nc(N2CCOCC2)c(F)c(=S)[nH]1. The van der Waals surface area contributed by atoms with E-state index >= 15 is 0 Å². The van der Waals surface area contributed by atoms with Gasteiger partial charge in [0.05, 0.1) is 13.2 Å².